The van der Waals surface area contributed by atoms with E-state index in [0.29, 0.717) is 12.2 Å². The highest BCUT2D eigenvalue weighted by molar-refractivity contribution is 5.70. The van der Waals surface area contributed by atoms with Crippen molar-refractivity contribution in [2.45, 2.75) is 19.1 Å². The molecule has 1 aromatic carbocycles. The maximum atomic E-state index is 11.0. The molecule has 0 aliphatic carbocycles. The maximum absolute atomic E-state index is 11.0. The Hall–Kier alpha value is -1.39. The molecule has 88 valence electrons. The van der Waals surface area contributed by atoms with Crippen LogP contribution in [0.5, 0.6) is 0 Å². The first-order valence-electron chi connectivity index (χ1n) is 5.00. The lowest BCUT2D eigenvalue weighted by Gasteiger charge is -2.10. The summed E-state index contributed by atoms with van der Waals surface area (Å²) in [6.07, 6.45) is -0.864. The SMILES string of the molecule is COCc1cccc([C@H](O)CC(=O)OC)c1. The van der Waals surface area contributed by atoms with Crippen LogP contribution in [-0.4, -0.2) is 25.3 Å². The quantitative estimate of drug-likeness (QED) is 0.769. The third-order valence-corrected chi connectivity index (χ3v) is 2.23. The van der Waals surface area contributed by atoms with Gasteiger partial charge in [-0.25, -0.2) is 0 Å². The van der Waals surface area contributed by atoms with Crippen LogP contribution in [0, 0.1) is 0 Å². The zero-order valence-corrected chi connectivity index (χ0v) is 9.47. The van der Waals surface area contributed by atoms with Crippen molar-refractivity contribution in [3.8, 4) is 0 Å². The predicted molar refractivity (Wildman–Crippen MR) is 58.7 cm³/mol. The van der Waals surface area contributed by atoms with Crippen LogP contribution in [-0.2, 0) is 20.9 Å². The van der Waals surface area contributed by atoms with Gasteiger partial charge in [0.2, 0.25) is 0 Å². The third-order valence-electron chi connectivity index (χ3n) is 2.23. The molecule has 0 aliphatic rings. The Morgan fingerprint density at radius 1 is 1.44 bits per heavy atom. The molecule has 0 aliphatic heterocycles. The highest BCUT2D eigenvalue weighted by Crippen LogP contribution is 2.18. The third kappa shape index (κ3) is 3.64. The van der Waals surface area contributed by atoms with Crippen molar-refractivity contribution in [3.05, 3.63) is 35.4 Å². The van der Waals surface area contributed by atoms with Crippen LogP contribution >= 0.6 is 0 Å². The summed E-state index contributed by atoms with van der Waals surface area (Å²) in [5, 5.41) is 9.77. The summed E-state index contributed by atoms with van der Waals surface area (Å²) in [6.45, 7) is 0.485. The van der Waals surface area contributed by atoms with Crippen LogP contribution in [0.4, 0.5) is 0 Å². The number of rotatable bonds is 5. The molecular weight excluding hydrogens is 208 g/mol. The Bertz CT molecular complexity index is 349. The molecule has 0 unspecified atom stereocenters. The van der Waals surface area contributed by atoms with Crippen LogP contribution in [0.1, 0.15) is 23.7 Å². The fraction of sp³-hybridized carbons (Fsp3) is 0.417. The molecule has 16 heavy (non-hydrogen) atoms. The number of carbonyl (C=O) groups excluding carboxylic acids is 1. The number of carbonyl (C=O) groups is 1. The number of ether oxygens (including phenoxy) is 2. The van der Waals surface area contributed by atoms with Gasteiger partial charge in [-0.3, -0.25) is 4.79 Å². The number of methoxy groups -OCH3 is 2. The van der Waals surface area contributed by atoms with Gasteiger partial charge in [-0.2, -0.15) is 0 Å². The predicted octanol–water partition coefficient (Wildman–Crippen LogP) is 1.43. The fourth-order valence-electron chi connectivity index (χ4n) is 1.42. The minimum absolute atomic E-state index is 0.0348. The fourth-order valence-corrected chi connectivity index (χ4v) is 1.42. The molecule has 0 saturated carbocycles. The second-order valence-electron chi connectivity index (χ2n) is 3.47. The van der Waals surface area contributed by atoms with E-state index in [9.17, 15) is 9.90 Å². The van der Waals surface area contributed by atoms with Crippen molar-refractivity contribution < 1.29 is 19.4 Å². The molecule has 0 radical (unpaired) electrons. The summed E-state index contributed by atoms with van der Waals surface area (Å²) >= 11 is 0. The van der Waals surface area contributed by atoms with Gasteiger partial charge >= 0.3 is 5.97 Å². The number of hydrogen-bond acceptors (Lipinski definition) is 4. The van der Waals surface area contributed by atoms with E-state index in [-0.39, 0.29) is 6.42 Å². The minimum Gasteiger partial charge on any atom is -0.469 e. The molecule has 0 aromatic heterocycles. The average Bonchev–Trinajstić information content (AvgIpc) is 2.29. The van der Waals surface area contributed by atoms with Gasteiger partial charge in [-0.05, 0) is 11.1 Å². The smallest absolute Gasteiger partial charge is 0.308 e. The van der Waals surface area contributed by atoms with Crippen molar-refractivity contribution >= 4 is 5.97 Å². The lowest BCUT2D eigenvalue weighted by atomic mass is 10.0. The number of hydrogen-bond donors (Lipinski definition) is 1. The van der Waals surface area contributed by atoms with Crippen LogP contribution in [0.3, 0.4) is 0 Å². The molecule has 1 aromatic rings. The lowest BCUT2D eigenvalue weighted by molar-refractivity contribution is -0.142. The Balaban J connectivity index is 2.71. The number of aliphatic hydroxyl groups excluding tert-OH is 1. The van der Waals surface area contributed by atoms with Gasteiger partial charge in [0.1, 0.15) is 0 Å². The molecule has 1 atom stereocenters. The van der Waals surface area contributed by atoms with Gasteiger partial charge in [0.25, 0.3) is 0 Å². The Kier molecular flexibility index (Phi) is 4.95. The normalized spacial score (nSPS) is 12.2. The summed E-state index contributed by atoms with van der Waals surface area (Å²) in [7, 11) is 2.91. The standard InChI is InChI=1S/C12H16O4/c1-15-8-9-4-3-5-10(6-9)11(13)7-12(14)16-2/h3-6,11,13H,7-8H2,1-2H3/t11-/m1/s1. The second-order valence-corrected chi connectivity index (χ2v) is 3.47. The van der Waals surface area contributed by atoms with E-state index in [1.807, 2.05) is 18.2 Å². The largest absolute Gasteiger partial charge is 0.469 e. The summed E-state index contributed by atoms with van der Waals surface area (Å²) in [5.74, 6) is -0.426. The average molecular weight is 224 g/mol. The van der Waals surface area contributed by atoms with Gasteiger partial charge in [-0.1, -0.05) is 24.3 Å². The monoisotopic (exact) mass is 224 g/mol. The first-order chi connectivity index (χ1) is 7.67. The van der Waals surface area contributed by atoms with E-state index in [2.05, 4.69) is 4.74 Å². The van der Waals surface area contributed by atoms with Crippen molar-refractivity contribution in [3.63, 3.8) is 0 Å². The molecule has 1 N–H and O–H groups in total. The van der Waals surface area contributed by atoms with E-state index in [0.717, 1.165) is 5.56 Å². The molecule has 0 bridgehead atoms. The Morgan fingerprint density at radius 3 is 2.81 bits per heavy atom. The zero-order chi connectivity index (χ0) is 12.0. The molecule has 1 rings (SSSR count). The molecule has 0 saturated heterocycles. The van der Waals surface area contributed by atoms with Gasteiger partial charge in [0.05, 0.1) is 26.2 Å². The molecule has 4 nitrogen and oxygen atoms in total. The zero-order valence-electron chi connectivity index (χ0n) is 9.47. The van der Waals surface area contributed by atoms with Crippen LogP contribution < -0.4 is 0 Å². The summed E-state index contributed by atoms with van der Waals surface area (Å²) in [6, 6.07) is 7.31. The summed E-state index contributed by atoms with van der Waals surface area (Å²) in [4.78, 5) is 11.0. The summed E-state index contributed by atoms with van der Waals surface area (Å²) < 4.78 is 9.49. The molecule has 4 heteroatoms. The van der Waals surface area contributed by atoms with E-state index in [4.69, 9.17) is 4.74 Å². The number of benzene rings is 1. The molecule has 0 heterocycles. The van der Waals surface area contributed by atoms with E-state index >= 15 is 0 Å². The molecule has 0 amide bonds. The molecular formula is C12H16O4. The van der Waals surface area contributed by atoms with E-state index < -0.39 is 12.1 Å². The van der Waals surface area contributed by atoms with Gasteiger partial charge in [0, 0.05) is 7.11 Å². The Labute approximate surface area is 94.8 Å². The van der Waals surface area contributed by atoms with Crippen LogP contribution in [0.15, 0.2) is 24.3 Å². The van der Waals surface area contributed by atoms with Crippen LogP contribution in [0.2, 0.25) is 0 Å². The lowest BCUT2D eigenvalue weighted by Crippen LogP contribution is -2.08. The summed E-state index contributed by atoms with van der Waals surface area (Å²) in [5.41, 5.74) is 1.66. The molecule has 0 fully saturated rings. The van der Waals surface area contributed by atoms with Gasteiger partial charge in [0.15, 0.2) is 0 Å². The van der Waals surface area contributed by atoms with Crippen molar-refractivity contribution in [1.82, 2.24) is 0 Å². The first-order valence-corrected chi connectivity index (χ1v) is 5.00. The second kappa shape index (κ2) is 6.25. The van der Waals surface area contributed by atoms with Gasteiger partial charge < -0.3 is 14.6 Å². The van der Waals surface area contributed by atoms with E-state index in [1.165, 1.54) is 7.11 Å². The minimum atomic E-state index is -0.829. The van der Waals surface area contributed by atoms with E-state index in [1.54, 1.807) is 13.2 Å². The van der Waals surface area contributed by atoms with Crippen molar-refractivity contribution in [2.24, 2.45) is 0 Å². The highest BCUT2D eigenvalue weighted by Gasteiger charge is 2.13. The number of aliphatic hydroxyl groups is 1. The van der Waals surface area contributed by atoms with Crippen LogP contribution in [0.25, 0.3) is 0 Å². The Morgan fingerprint density at radius 2 is 2.19 bits per heavy atom. The maximum Gasteiger partial charge on any atom is 0.308 e. The number of esters is 1. The van der Waals surface area contributed by atoms with Gasteiger partial charge in [-0.15, -0.1) is 0 Å². The van der Waals surface area contributed by atoms with Crippen molar-refractivity contribution in [1.29, 1.82) is 0 Å². The first kappa shape index (κ1) is 12.7. The van der Waals surface area contributed by atoms with Crippen molar-refractivity contribution in [2.75, 3.05) is 14.2 Å². The topological polar surface area (TPSA) is 55.8 Å². The molecule has 0 spiro atoms. The highest BCUT2D eigenvalue weighted by atomic mass is 16.5.